The van der Waals surface area contributed by atoms with Gasteiger partial charge in [-0.05, 0) is 26.2 Å². The molecule has 0 bridgehead atoms. The molecule has 2 aliphatic rings. The molecule has 1 aliphatic heterocycles. The summed E-state index contributed by atoms with van der Waals surface area (Å²) in [7, 11) is 0. The van der Waals surface area contributed by atoms with Gasteiger partial charge in [-0.15, -0.1) is 0 Å². The molecule has 0 radical (unpaired) electrons. The molecule has 0 aromatic rings. The molecular weight excluding hydrogens is 294 g/mol. The van der Waals surface area contributed by atoms with E-state index in [0.29, 0.717) is 11.9 Å². The van der Waals surface area contributed by atoms with Crippen LogP contribution >= 0.6 is 15.9 Å². The second-order valence-electron chi connectivity index (χ2n) is 5.48. The zero-order valence-electron chi connectivity index (χ0n) is 11.2. The van der Waals surface area contributed by atoms with Crippen LogP contribution in [0.2, 0.25) is 0 Å². The Hall–Kier alpha value is -0.0900. The Labute approximate surface area is 118 Å². The number of nitrogens with zero attached hydrogens (tertiary/aromatic N) is 1. The van der Waals surface area contributed by atoms with Crippen molar-refractivity contribution in [1.82, 2.24) is 4.90 Å². The smallest absolute Gasteiger partial charge is 0.228 e. The van der Waals surface area contributed by atoms with Crippen molar-refractivity contribution >= 4 is 21.8 Å². The van der Waals surface area contributed by atoms with Crippen LogP contribution in [0.1, 0.15) is 45.4 Å². The summed E-state index contributed by atoms with van der Waals surface area (Å²) >= 11 is 3.48. The van der Waals surface area contributed by atoms with E-state index in [1.54, 1.807) is 0 Å². The number of rotatable bonds is 4. The highest BCUT2D eigenvalue weighted by Gasteiger charge is 2.36. The molecular formula is C14H24BrNO2. The van der Waals surface area contributed by atoms with Crippen LogP contribution in [0, 0.1) is 5.92 Å². The first kappa shape index (κ1) is 14.3. The molecule has 2 rings (SSSR count). The zero-order valence-corrected chi connectivity index (χ0v) is 12.8. The van der Waals surface area contributed by atoms with Gasteiger partial charge >= 0.3 is 0 Å². The molecule has 18 heavy (non-hydrogen) atoms. The van der Waals surface area contributed by atoms with Crippen molar-refractivity contribution in [3.8, 4) is 0 Å². The lowest BCUT2D eigenvalue weighted by Gasteiger charge is -2.36. The van der Waals surface area contributed by atoms with E-state index < -0.39 is 0 Å². The maximum atomic E-state index is 12.7. The van der Waals surface area contributed by atoms with Gasteiger partial charge in [-0.2, -0.15) is 0 Å². The monoisotopic (exact) mass is 317 g/mol. The van der Waals surface area contributed by atoms with E-state index in [2.05, 4.69) is 20.8 Å². The van der Waals surface area contributed by atoms with Crippen LogP contribution in [0.3, 0.4) is 0 Å². The van der Waals surface area contributed by atoms with Crippen LogP contribution in [0.15, 0.2) is 0 Å². The van der Waals surface area contributed by atoms with Crippen molar-refractivity contribution < 1.29 is 9.53 Å². The second-order valence-corrected chi connectivity index (χ2v) is 6.28. The molecule has 1 amide bonds. The number of halogens is 1. The molecule has 2 fully saturated rings. The molecule has 1 aliphatic carbocycles. The lowest BCUT2D eigenvalue weighted by molar-refractivity contribution is -0.139. The summed E-state index contributed by atoms with van der Waals surface area (Å²) in [5.74, 6) is 0.414. The molecule has 2 atom stereocenters. The number of alkyl halides is 1. The Morgan fingerprint density at radius 1 is 1.28 bits per heavy atom. The van der Waals surface area contributed by atoms with Crippen LogP contribution in [0.5, 0.6) is 0 Å². The number of carbonyl (C=O) groups is 1. The largest absolute Gasteiger partial charge is 0.378 e. The van der Waals surface area contributed by atoms with Crippen molar-refractivity contribution in [2.75, 3.05) is 18.5 Å². The van der Waals surface area contributed by atoms with Crippen molar-refractivity contribution in [1.29, 1.82) is 0 Å². The highest BCUT2D eigenvalue weighted by molar-refractivity contribution is 9.09. The molecule has 4 heteroatoms. The Morgan fingerprint density at radius 3 is 2.56 bits per heavy atom. The molecule has 1 heterocycles. The first-order valence-electron chi connectivity index (χ1n) is 7.22. The fourth-order valence-corrected chi connectivity index (χ4v) is 3.61. The van der Waals surface area contributed by atoms with Gasteiger partial charge in [-0.1, -0.05) is 35.2 Å². The molecule has 0 N–H and O–H groups in total. The van der Waals surface area contributed by atoms with Gasteiger partial charge in [0.2, 0.25) is 5.91 Å². The van der Waals surface area contributed by atoms with E-state index in [9.17, 15) is 4.79 Å². The van der Waals surface area contributed by atoms with E-state index in [1.165, 1.54) is 32.1 Å². The van der Waals surface area contributed by atoms with Crippen molar-refractivity contribution in [3.05, 3.63) is 0 Å². The highest BCUT2D eigenvalue weighted by Crippen LogP contribution is 2.28. The van der Waals surface area contributed by atoms with Crippen LogP contribution in [-0.4, -0.2) is 41.4 Å². The SMILES string of the molecule is CC1OCCC1C(=O)N(CCBr)C1CCCCC1. The number of carbonyl (C=O) groups excluding carboxylic acids is 1. The van der Waals surface area contributed by atoms with Gasteiger partial charge < -0.3 is 9.64 Å². The van der Waals surface area contributed by atoms with Gasteiger partial charge in [-0.3, -0.25) is 4.79 Å². The van der Waals surface area contributed by atoms with Gasteiger partial charge in [0.05, 0.1) is 12.0 Å². The van der Waals surface area contributed by atoms with Gasteiger partial charge in [0.25, 0.3) is 0 Å². The van der Waals surface area contributed by atoms with Crippen molar-refractivity contribution in [3.63, 3.8) is 0 Å². The molecule has 1 saturated carbocycles. The summed E-state index contributed by atoms with van der Waals surface area (Å²) in [6.45, 7) is 3.61. The number of hydrogen-bond donors (Lipinski definition) is 0. The van der Waals surface area contributed by atoms with E-state index >= 15 is 0 Å². The number of ether oxygens (including phenoxy) is 1. The Kier molecular flexibility index (Phi) is 5.49. The lowest BCUT2D eigenvalue weighted by atomic mass is 9.92. The van der Waals surface area contributed by atoms with Crippen LogP contribution < -0.4 is 0 Å². The molecule has 3 nitrogen and oxygen atoms in total. The summed E-state index contributed by atoms with van der Waals surface area (Å²) in [5.41, 5.74) is 0. The van der Waals surface area contributed by atoms with Gasteiger partial charge in [-0.25, -0.2) is 0 Å². The van der Waals surface area contributed by atoms with E-state index in [-0.39, 0.29) is 12.0 Å². The third-order valence-electron chi connectivity index (χ3n) is 4.32. The van der Waals surface area contributed by atoms with E-state index in [0.717, 1.165) is 24.9 Å². The summed E-state index contributed by atoms with van der Waals surface area (Å²) in [6, 6.07) is 0.469. The van der Waals surface area contributed by atoms with Crippen LogP contribution in [-0.2, 0) is 9.53 Å². The summed E-state index contributed by atoms with van der Waals surface area (Å²) in [6.07, 6.45) is 7.22. The predicted molar refractivity (Wildman–Crippen MR) is 75.9 cm³/mol. The maximum absolute atomic E-state index is 12.7. The Morgan fingerprint density at radius 2 is 2.00 bits per heavy atom. The average Bonchev–Trinajstić information content (AvgIpc) is 2.82. The first-order chi connectivity index (χ1) is 8.74. The maximum Gasteiger partial charge on any atom is 0.228 e. The molecule has 1 saturated heterocycles. The third kappa shape index (κ3) is 3.27. The van der Waals surface area contributed by atoms with Crippen molar-refractivity contribution in [2.45, 2.75) is 57.6 Å². The van der Waals surface area contributed by atoms with E-state index in [1.807, 2.05) is 6.92 Å². The lowest BCUT2D eigenvalue weighted by Crippen LogP contribution is -2.46. The summed E-state index contributed by atoms with van der Waals surface area (Å²) in [4.78, 5) is 14.8. The minimum Gasteiger partial charge on any atom is -0.378 e. The summed E-state index contributed by atoms with van der Waals surface area (Å²) < 4.78 is 5.54. The van der Waals surface area contributed by atoms with Gasteiger partial charge in [0, 0.05) is 24.5 Å². The number of hydrogen-bond acceptors (Lipinski definition) is 2. The van der Waals surface area contributed by atoms with Gasteiger partial charge in [0.1, 0.15) is 0 Å². The minimum absolute atomic E-state index is 0.0889. The Bertz CT molecular complexity index is 279. The van der Waals surface area contributed by atoms with Gasteiger partial charge in [0.15, 0.2) is 0 Å². The summed E-state index contributed by atoms with van der Waals surface area (Å²) in [5, 5.41) is 0.872. The van der Waals surface area contributed by atoms with Crippen LogP contribution in [0.4, 0.5) is 0 Å². The minimum atomic E-state index is 0.0889. The molecule has 0 spiro atoms. The molecule has 2 unspecified atom stereocenters. The molecule has 0 aromatic heterocycles. The standard InChI is InChI=1S/C14H24BrNO2/c1-11-13(7-10-18-11)14(17)16(9-8-15)12-5-3-2-4-6-12/h11-13H,2-10H2,1H3. The normalized spacial score (nSPS) is 29.4. The average molecular weight is 318 g/mol. The van der Waals surface area contributed by atoms with E-state index in [4.69, 9.17) is 4.74 Å². The fraction of sp³-hybridized carbons (Fsp3) is 0.929. The predicted octanol–water partition coefficient (Wildman–Crippen LogP) is 2.97. The topological polar surface area (TPSA) is 29.5 Å². The molecule has 0 aromatic carbocycles. The third-order valence-corrected chi connectivity index (χ3v) is 4.67. The number of amides is 1. The Balaban J connectivity index is 2.01. The van der Waals surface area contributed by atoms with Crippen LogP contribution in [0.25, 0.3) is 0 Å². The first-order valence-corrected chi connectivity index (χ1v) is 8.34. The highest BCUT2D eigenvalue weighted by atomic mass is 79.9. The zero-order chi connectivity index (χ0) is 13.0. The quantitative estimate of drug-likeness (QED) is 0.746. The molecule has 104 valence electrons. The second kappa shape index (κ2) is 6.90. The van der Waals surface area contributed by atoms with Crippen molar-refractivity contribution in [2.24, 2.45) is 5.92 Å². The fourth-order valence-electron chi connectivity index (χ4n) is 3.23.